The third-order valence-corrected chi connectivity index (χ3v) is 4.64. The monoisotopic (exact) mass is 349 g/mol. The van der Waals surface area contributed by atoms with Gasteiger partial charge in [0.05, 0.1) is 19.7 Å². The van der Waals surface area contributed by atoms with E-state index in [1.807, 2.05) is 0 Å². The molecule has 140 valence electrons. The average Bonchev–Trinajstić information content (AvgIpc) is 2.45. The van der Waals surface area contributed by atoms with Crippen molar-refractivity contribution in [1.82, 2.24) is 9.80 Å². The molecule has 2 heterocycles. The van der Waals surface area contributed by atoms with Gasteiger partial charge in [-0.2, -0.15) is 0 Å². The molecule has 2 aliphatic heterocycles. The van der Waals surface area contributed by atoms with Crippen LogP contribution in [0.3, 0.4) is 0 Å². The van der Waals surface area contributed by atoms with E-state index in [2.05, 4.69) is 53.4 Å². The number of methoxy groups -OCH3 is 1. The van der Waals surface area contributed by atoms with Gasteiger partial charge in [-0.3, -0.25) is 14.6 Å². The fourth-order valence-electron chi connectivity index (χ4n) is 3.70. The molecule has 6 heteroatoms. The Bertz CT molecular complexity index is 635. The minimum Gasteiger partial charge on any atom is -0.468 e. The maximum atomic E-state index is 12.6. The van der Waals surface area contributed by atoms with Gasteiger partial charge in [-0.1, -0.05) is 41.5 Å². The highest BCUT2D eigenvalue weighted by molar-refractivity contribution is 5.95. The van der Waals surface area contributed by atoms with Gasteiger partial charge in [0.1, 0.15) is 18.9 Å². The van der Waals surface area contributed by atoms with E-state index in [4.69, 9.17) is 9.73 Å². The van der Waals surface area contributed by atoms with E-state index in [0.717, 1.165) is 11.5 Å². The van der Waals surface area contributed by atoms with Crippen LogP contribution >= 0.6 is 0 Å². The fourth-order valence-corrected chi connectivity index (χ4v) is 3.70. The molecule has 0 aliphatic carbocycles. The molecule has 0 saturated carbocycles. The Hall–Kier alpha value is -1.85. The number of esters is 1. The number of ether oxygens (including phenoxy) is 1. The van der Waals surface area contributed by atoms with Crippen molar-refractivity contribution in [2.75, 3.05) is 26.7 Å². The number of amides is 1. The molecule has 2 rings (SSSR count). The van der Waals surface area contributed by atoms with Gasteiger partial charge in [0.15, 0.2) is 0 Å². The predicted molar refractivity (Wildman–Crippen MR) is 98.1 cm³/mol. The van der Waals surface area contributed by atoms with Gasteiger partial charge in [-0.25, -0.2) is 0 Å². The summed E-state index contributed by atoms with van der Waals surface area (Å²) in [6.07, 6.45) is 0. The zero-order valence-electron chi connectivity index (χ0n) is 16.8. The lowest BCUT2D eigenvalue weighted by atomic mass is 9.78. The number of aliphatic imine (C=N–C) groups is 1. The van der Waals surface area contributed by atoms with Crippen LogP contribution in [0.15, 0.2) is 16.3 Å². The number of hydrogen-bond acceptors (Lipinski definition) is 5. The number of fused-ring (bicyclic) bond motifs is 1. The number of carbonyl (C=O) groups is 2. The summed E-state index contributed by atoms with van der Waals surface area (Å²) in [5.41, 5.74) is 2.09. The molecule has 0 aromatic carbocycles. The Morgan fingerprint density at radius 3 is 2.24 bits per heavy atom. The molecule has 1 amide bonds. The highest BCUT2D eigenvalue weighted by Gasteiger charge is 2.42. The quantitative estimate of drug-likeness (QED) is 0.719. The first-order valence-electron chi connectivity index (χ1n) is 8.80. The minimum absolute atomic E-state index is 0.0134. The van der Waals surface area contributed by atoms with Crippen LogP contribution < -0.4 is 0 Å². The second-order valence-electron chi connectivity index (χ2n) is 8.90. The van der Waals surface area contributed by atoms with Crippen LogP contribution in [0.25, 0.3) is 0 Å². The summed E-state index contributed by atoms with van der Waals surface area (Å²) < 4.78 is 4.74. The summed E-state index contributed by atoms with van der Waals surface area (Å²) >= 11 is 0. The summed E-state index contributed by atoms with van der Waals surface area (Å²) in [7, 11) is 1.34. The van der Waals surface area contributed by atoms with Crippen LogP contribution in [0.4, 0.5) is 0 Å². The van der Waals surface area contributed by atoms with Crippen molar-refractivity contribution in [2.45, 2.75) is 54.5 Å². The van der Waals surface area contributed by atoms with Crippen LogP contribution in [0, 0.1) is 10.8 Å². The van der Waals surface area contributed by atoms with Gasteiger partial charge in [0.2, 0.25) is 5.91 Å². The van der Waals surface area contributed by atoms with Crippen LogP contribution in [0.5, 0.6) is 0 Å². The normalized spacial score (nSPS) is 22.0. The van der Waals surface area contributed by atoms with Gasteiger partial charge in [0, 0.05) is 11.1 Å². The molecule has 0 N–H and O–H groups in total. The van der Waals surface area contributed by atoms with Crippen molar-refractivity contribution in [2.24, 2.45) is 15.8 Å². The van der Waals surface area contributed by atoms with Crippen LogP contribution in [0.1, 0.15) is 48.5 Å². The lowest BCUT2D eigenvalue weighted by Gasteiger charge is -2.47. The Labute approximate surface area is 150 Å². The summed E-state index contributed by atoms with van der Waals surface area (Å²) in [6.45, 7) is 15.6. The van der Waals surface area contributed by atoms with Crippen molar-refractivity contribution < 1.29 is 14.3 Å². The Morgan fingerprint density at radius 1 is 1.16 bits per heavy atom. The minimum atomic E-state index is -0.395. The summed E-state index contributed by atoms with van der Waals surface area (Å²) in [5.74, 6) is 0.469. The van der Waals surface area contributed by atoms with Crippen LogP contribution in [0.2, 0.25) is 0 Å². The highest BCUT2D eigenvalue weighted by atomic mass is 16.5. The molecule has 0 bridgehead atoms. The number of piperazine rings is 1. The average molecular weight is 349 g/mol. The predicted octanol–water partition coefficient (Wildman–Crippen LogP) is 2.45. The molecule has 2 aliphatic rings. The first-order chi connectivity index (χ1) is 11.4. The lowest BCUT2D eigenvalue weighted by molar-refractivity contribution is -0.147. The number of hydrogen-bond donors (Lipinski definition) is 0. The van der Waals surface area contributed by atoms with Gasteiger partial charge < -0.3 is 14.5 Å². The van der Waals surface area contributed by atoms with Crippen LogP contribution in [-0.2, 0) is 14.3 Å². The van der Waals surface area contributed by atoms with Crippen molar-refractivity contribution in [3.63, 3.8) is 0 Å². The Kier molecular flexibility index (Phi) is 5.04. The van der Waals surface area contributed by atoms with Gasteiger partial charge in [-0.05, 0) is 17.9 Å². The smallest absolute Gasteiger partial charge is 0.325 e. The summed E-state index contributed by atoms with van der Waals surface area (Å²) in [4.78, 5) is 32.9. The van der Waals surface area contributed by atoms with Crippen molar-refractivity contribution in [1.29, 1.82) is 0 Å². The van der Waals surface area contributed by atoms with Crippen LogP contribution in [-0.4, -0.2) is 60.3 Å². The molecule has 0 unspecified atom stereocenters. The summed E-state index contributed by atoms with van der Waals surface area (Å²) in [5, 5.41) is 0. The molecule has 0 aromatic rings. The van der Waals surface area contributed by atoms with Crippen molar-refractivity contribution in [3.8, 4) is 0 Å². The van der Waals surface area contributed by atoms with Crippen molar-refractivity contribution in [3.05, 3.63) is 11.3 Å². The Balaban J connectivity index is 2.50. The molecule has 1 atom stereocenters. The standard InChI is InChI=1S/C19H31N3O3/c1-12-16(18(2,3)4)13-9-21(11-15(24)25-8)14(23)10-22(13)17(20-12)19(5,6)7/h12H,9-11H2,1-8H3/t12-/m0/s1. The molecule has 0 aromatic heterocycles. The highest BCUT2D eigenvalue weighted by Crippen LogP contribution is 2.40. The van der Waals surface area contributed by atoms with E-state index in [-0.39, 0.29) is 35.9 Å². The molecule has 25 heavy (non-hydrogen) atoms. The van der Waals surface area contributed by atoms with Gasteiger partial charge in [0.25, 0.3) is 0 Å². The molecule has 0 spiro atoms. The third kappa shape index (κ3) is 3.88. The van der Waals surface area contributed by atoms with Gasteiger partial charge >= 0.3 is 5.97 Å². The summed E-state index contributed by atoms with van der Waals surface area (Å²) in [6, 6.07) is 0.0497. The molecule has 6 nitrogen and oxygen atoms in total. The SMILES string of the molecule is COC(=O)CN1CC2=C(C(C)(C)C)[C@H](C)N=C(C(C)(C)C)N2CC1=O. The zero-order chi connectivity index (χ0) is 19.2. The maximum Gasteiger partial charge on any atom is 0.325 e. The third-order valence-electron chi connectivity index (χ3n) is 4.64. The number of amidine groups is 1. The van der Waals surface area contributed by atoms with Gasteiger partial charge in [-0.15, -0.1) is 0 Å². The lowest BCUT2D eigenvalue weighted by Crippen LogP contribution is -2.57. The van der Waals surface area contributed by atoms with E-state index in [1.165, 1.54) is 12.7 Å². The second kappa shape index (κ2) is 6.46. The van der Waals surface area contributed by atoms with E-state index < -0.39 is 5.97 Å². The van der Waals surface area contributed by atoms with E-state index in [9.17, 15) is 9.59 Å². The number of nitrogens with zero attached hydrogens (tertiary/aromatic N) is 3. The number of carbonyl (C=O) groups excluding carboxylic acids is 2. The molecular weight excluding hydrogens is 318 g/mol. The van der Waals surface area contributed by atoms with Crippen molar-refractivity contribution >= 4 is 17.7 Å². The van der Waals surface area contributed by atoms with E-state index in [1.54, 1.807) is 4.90 Å². The zero-order valence-corrected chi connectivity index (χ0v) is 16.8. The topological polar surface area (TPSA) is 62.2 Å². The molecule has 1 saturated heterocycles. The first-order valence-corrected chi connectivity index (χ1v) is 8.80. The molecular formula is C19H31N3O3. The second-order valence-corrected chi connectivity index (χ2v) is 8.90. The fraction of sp³-hybridized carbons (Fsp3) is 0.737. The number of rotatable bonds is 2. The van der Waals surface area contributed by atoms with E-state index in [0.29, 0.717) is 6.54 Å². The maximum absolute atomic E-state index is 12.6. The first kappa shape index (κ1) is 19.5. The Morgan fingerprint density at radius 2 is 1.76 bits per heavy atom. The molecule has 1 fully saturated rings. The largest absolute Gasteiger partial charge is 0.468 e. The van der Waals surface area contributed by atoms with E-state index >= 15 is 0 Å². The molecule has 0 radical (unpaired) electrons.